The van der Waals surface area contributed by atoms with Gasteiger partial charge < -0.3 is 9.64 Å². The Bertz CT molecular complexity index is 301. The number of carbonyl (C=O) groups is 2. The monoisotopic (exact) mass is 224 g/mol. The smallest absolute Gasteiger partial charge is 0.327 e. The van der Waals surface area contributed by atoms with E-state index in [9.17, 15) is 9.59 Å². The molecule has 5 heteroatoms. The molecule has 0 N–H and O–H groups in total. The van der Waals surface area contributed by atoms with Gasteiger partial charge in [0.1, 0.15) is 6.04 Å². The van der Waals surface area contributed by atoms with Crippen LogP contribution in [0.4, 0.5) is 4.79 Å². The van der Waals surface area contributed by atoms with Crippen LogP contribution < -0.4 is 0 Å². The summed E-state index contributed by atoms with van der Waals surface area (Å²) in [5, 5.41) is 0. The summed E-state index contributed by atoms with van der Waals surface area (Å²) in [6, 6.07) is -0.294. The van der Waals surface area contributed by atoms with Gasteiger partial charge in [-0.1, -0.05) is 12.8 Å². The molecule has 0 aromatic carbocycles. The maximum absolute atomic E-state index is 12.1. The van der Waals surface area contributed by atoms with Crippen LogP contribution in [0.3, 0.4) is 0 Å². The van der Waals surface area contributed by atoms with Gasteiger partial charge in [0.15, 0.2) is 0 Å². The van der Waals surface area contributed by atoms with E-state index in [0.717, 1.165) is 25.7 Å². The average molecular weight is 224 g/mol. The van der Waals surface area contributed by atoms with Crippen molar-refractivity contribution in [2.45, 2.75) is 37.8 Å². The van der Waals surface area contributed by atoms with E-state index in [-0.39, 0.29) is 24.0 Å². The summed E-state index contributed by atoms with van der Waals surface area (Å²) in [5.41, 5.74) is 0. The van der Waals surface area contributed by atoms with Crippen molar-refractivity contribution in [1.29, 1.82) is 0 Å². The molecule has 3 rings (SSSR count). The van der Waals surface area contributed by atoms with Gasteiger partial charge in [0.25, 0.3) is 5.91 Å². The summed E-state index contributed by atoms with van der Waals surface area (Å²) in [6.45, 7) is 1.47. The molecular weight excluding hydrogens is 208 g/mol. The van der Waals surface area contributed by atoms with Crippen molar-refractivity contribution in [3.05, 3.63) is 0 Å². The van der Waals surface area contributed by atoms with E-state index in [0.29, 0.717) is 19.8 Å². The number of morpholine rings is 1. The Labute approximate surface area is 94.3 Å². The second-order valence-electron chi connectivity index (χ2n) is 4.71. The van der Waals surface area contributed by atoms with Crippen LogP contribution >= 0.6 is 0 Å². The molecule has 88 valence electrons. The van der Waals surface area contributed by atoms with E-state index >= 15 is 0 Å². The van der Waals surface area contributed by atoms with E-state index in [1.807, 2.05) is 0 Å². The van der Waals surface area contributed by atoms with Gasteiger partial charge in [0.05, 0.1) is 13.2 Å². The minimum absolute atomic E-state index is 0.0448. The van der Waals surface area contributed by atoms with Gasteiger partial charge in [-0.25, -0.2) is 4.79 Å². The van der Waals surface area contributed by atoms with Crippen LogP contribution in [0.15, 0.2) is 0 Å². The van der Waals surface area contributed by atoms with Gasteiger partial charge in [-0.2, -0.15) is 0 Å². The number of hydrogen-bond acceptors (Lipinski definition) is 3. The Morgan fingerprint density at radius 1 is 1.19 bits per heavy atom. The lowest BCUT2D eigenvalue weighted by Gasteiger charge is -2.26. The first-order chi connectivity index (χ1) is 7.79. The number of ether oxygens (including phenoxy) is 1. The molecule has 2 aliphatic heterocycles. The third-order valence-corrected chi connectivity index (χ3v) is 3.79. The van der Waals surface area contributed by atoms with E-state index in [1.54, 1.807) is 4.90 Å². The fourth-order valence-corrected chi connectivity index (χ4v) is 2.93. The number of carbonyl (C=O) groups excluding carboxylic acids is 2. The molecule has 0 aromatic rings. The number of hydrogen-bond donors (Lipinski definition) is 0. The van der Waals surface area contributed by atoms with Crippen molar-refractivity contribution in [3.8, 4) is 0 Å². The maximum Gasteiger partial charge on any atom is 0.327 e. The van der Waals surface area contributed by atoms with Crippen LogP contribution in [-0.2, 0) is 9.53 Å². The SMILES string of the molecule is O=C1C2COCCN2C(=O)N1C1CCCC1. The zero-order chi connectivity index (χ0) is 11.1. The highest BCUT2D eigenvalue weighted by Crippen LogP contribution is 2.30. The zero-order valence-corrected chi connectivity index (χ0v) is 9.22. The van der Waals surface area contributed by atoms with Gasteiger partial charge in [0.2, 0.25) is 0 Å². The standard InChI is InChI=1S/C11H16N2O3/c14-10-9-7-16-6-5-12(9)11(15)13(10)8-3-1-2-4-8/h8-9H,1-7H2. The fourth-order valence-electron chi connectivity index (χ4n) is 2.93. The lowest BCUT2D eigenvalue weighted by atomic mass is 10.2. The largest absolute Gasteiger partial charge is 0.377 e. The summed E-state index contributed by atoms with van der Waals surface area (Å²) in [6.07, 6.45) is 4.20. The Balaban J connectivity index is 1.83. The van der Waals surface area contributed by atoms with Crippen LogP contribution in [0.2, 0.25) is 0 Å². The van der Waals surface area contributed by atoms with E-state index in [2.05, 4.69) is 0 Å². The second kappa shape index (κ2) is 3.73. The molecule has 16 heavy (non-hydrogen) atoms. The highest BCUT2D eigenvalue weighted by atomic mass is 16.5. The van der Waals surface area contributed by atoms with Crippen molar-refractivity contribution >= 4 is 11.9 Å². The number of fused-ring (bicyclic) bond motifs is 1. The molecule has 5 nitrogen and oxygen atoms in total. The molecule has 3 aliphatic rings. The van der Waals surface area contributed by atoms with Crippen LogP contribution in [0.5, 0.6) is 0 Å². The molecule has 1 aliphatic carbocycles. The molecule has 1 atom stereocenters. The van der Waals surface area contributed by atoms with Gasteiger partial charge >= 0.3 is 6.03 Å². The average Bonchev–Trinajstić information content (AvgIpc) is 2.89. The topological polar surface area (TPSA) is 49.9 Å². The van der Waals surface area contributed by atoms with Crippen LogP contribution in [0, 0.1) is 0 Å². The third kappa shape index (κ3) is 1.34. The zero-order valence-electron chi connectivity index (χ0n) is 9.22. The maximum atomic E-state index is 12.1. The van der Waals surface area contributed by atoms with E-state index in [1.165, 1.54) is 4.90 Å². The lowest BCUT2D eigenvalue weighted by molar-refractivity contribution is -0.132. The predicted molar refractivity (Wildman–Crippen MR) is 55.8 cm³/mol. The Kier molecular flexibility index (Phi) is 2.35. The first-order valence-electron chi connectivity index (χ1n) is 6.00. The Morgan fingerprint density at radius 2 is 1.94 bits per heavy atom. The summed E-state index contributed by atoms with van der Waals surface area (Å²) in [5.74, 6) is -0.0448. The van der Waals surface area contributed by atoms with Crippen molar-refractivity contribution in [2.24, 2.45) is 0 Å². The molecule has 3 fully saturated rings. The van der Waals surface area contributed by atoms with Gasteiger partial charge in [-0.05, 0) is 12.8 Å². The molecule has 3 amide bonds. The summed E-state index contributed by atoms with van der Waals surface area (Å²) in [7, 11) is 0. The third-order valence-electron chi connectivity index (χ3n) is 3.79. The summed E-state index contributed by atoms with van der Waals surface area (Å²) < 4.78 is 5.27. The highest BCUT2D eigenvalue weighted by molar-refractivity contribution is 6.04. The Morgan fingerprint density at radius 3 is 2.62 bits per heavy atom. The van der Waals surface area contributed by atoms with Gasteiger partial charge in [-0.3, -0.25) is 9.69 Å². The molecular formula is C11H16N2O3. The Hall–Kier alpha value is -1.10. The molecule has 0 spiro atoms. The molecule has 1 unspecified atom stereocenters. The minimum atomic E-state index is -0.346. The van der Waals surface area contributed by atoms with Crippen molar-refractivity contribution in [3.63, 3.8) is 0 Å². The van der Waals surface area contributed by atoms with Crippen molar-refractivity contribution < 1.29 is 14.3 Å². The fraction of sp³-hybridized carbons (Fsp3) is 0.818. The number of rotatable bonds is 1. The van der Waals surface area contributed by atoms with Crippen molar-refractivity contribution in [2.75, 3.05) is 19.8 Å². The van der Waals surface area contributed by atoms with Gasteiger partial charge in [0, 0.05) is 12.6 Å². The molecule has 2 saturated heterocycles. The first-order valence-corrected chi connectivity index (χ1v) is 6.00. The normalized spacial score (nSPS) is 31.4. The minimum Gasteiger partial charge on any atom is -0.377 e. The number of amides is 3. The van der Waals surface area contributed by atoms with Crippen LogP contribution in [-0.4, -0.2) is 53.6 Å². The van der Waals surface area contributed by atoms with E-state index in [4.69, 9.17) is 4.74 Å². The number of nitrogens with zero attached hydrogens (tertiary/aromatic N) is 2. The predicted octanol–water partition coefficient (Wildman–Crippen LogP) is 0.592. The van der Waals surface area contributed by atoms with Gasteiger partial charge in [-0.15, -0.1) is 0 Å². The number of urea groups is 1. The second-order valence-corrected chi connectivity index (χ2v) is 4.71. The molecule has 0 radical (unpaired) electrons. The van der Waals surface area contributed by atoms with E-state index < -0.39 is 0 Å². The molecule has 2 heterocycles. The molecule has 0 aromatic heterocycles. The molecule has 1 saturated carbocycles. The van der Waals surface area contributed by atoms with Crippen molar-refractivity contribution in [1.82, 2.24) is 9.80 Å². The van der Waals surface area contributed by atoms with Crippen LogP contribution in [0.25, 0.3) is 0 Å². The summed E-state index contributed by atoms with van der Waals surface area (Å²) >= 11 is 0. The first kappa shape index (κ1) is 10.1. The molecule has 0 bridgehead atoms. The quantitative estimate of drug-likeness (QED) is 0.613. The summed E-state index contributed by atoms with van der Waals surface area (Å²) in [4.78, 5) is 27.4. The van der Waals surface area contributed by atoms with Crippen LogP contribution in [0.1, 0.15) is 25.7 Å². The highest BCUT2D eigenvalue weighted by Gasteiger charge is 2.49. The number of imide groups is 1. The lowest BCUT2D eigenvalue weighted by Crippen LogP contribution is -2.45.